The molecule has 2 amide bonds. The number of ketones is 1. The molecule has 1 aliphatic rings. The number of amides is 2. The maximum absolute atomic E-state index is 12.3. The minimum absolute atomic E-state index is 0.0168. The molecule has 0 bridgehead atoms. The van der Waals surface area contributed by atoms with Crippen molar-refractivity contribution in [2.45, 2.75) is 19.8 Å². The number of benzene rings is 1. The molecule has 0 unspecified atom stereocenters. The Bertz CT molecular complexity index is 806. The van der Waals surface area contributed by atoms with Crippen molar-refractivity contribution in [2.24, 2.45) is 0 Å². The Balaban J connectivity index is 1.35. The van der Waals surface area contributed by atoms with E-state index in [9.17, 15) is 14.4 Å². The van der Waals surface area contributed by atoms with Gasteiger partial charge in [0, 0.05) is 38.2 Å². The number of hydrogen-bond donors (Lipinski definition) is 0. The summed E-state index contributed by atoms with van der Waals surface area (Å²) in [6.07, 6.45) is 2.49. The molecule has 1 aliphatic heterocycles. The SMILES string of the molecule is CC(=O)c1ccc(OCCCC(=O)N2CCN(C(=O)c3ccco3)CC2)cc1. The molecular weight excluding hydrogens is 360 g/mol. The highest BCUT2D eigenvalue weighted by molar-refractivity contribution is 5.94. The highest BCUT2D eigenvalue weighted by Crippen LogP contribution is 2.14. The van der Waals surface area contributed by atoms with Gasteiger partial charge in [-0.3, -0.25) is 14.4 Å². The Hall–Kier alpha value is -3.09. The number of ether oxygens (including phenoxy) is 1. The predicted octanol–water partition coefficient (Wildman–Crippen LogP) is 2.63. The van der Waals surface area contributed by atoms with E-state index < -0.39 is 0 Å². The first-order chi connectivity index (χ1) is 13.5. The summed E-state index contributed by atoms with van der Waals surface area (Å²) >= 11 is 0. The van der Waals surface area contributed by atoms with Gasteiger partial charge in [-0.15, -0.1) is 0 Å². The Morgan fingerprint density at radius 1 is 1.00 bits per heavy atom. The third-order valence-corrected chi connectivity index (χ3v) is 4.72. The average Bonchev–Trinajstić information content (AvgIpc) is 3.26. The quantitative estimate of drug-likeness (QED) is 0.542. The van der Waals surface area contributed by atoms with Crippen LogP contribution in [-0.4, -0.2) is 60.2 Å². The van der Waals surface area contributed by atoms with Gasteiger partial charge in [-0.25, -0.2) is 0 Å². The fourth-order valence-corrected chi connectivity index (χ4v) is 3.07. The normalized spacial score (nSPS) is 14.0. The van der Waals surface area contributed by atoms with E-state index in [0.717, 1.165) is 0 Å². The molecule has 1 aromatic heterocycles. The summed E-state index contributed by atoms with van der Waals surface area (Å²) < 4.78 is 10.8. The van der Waals surface area contributed by atoms with Gasteiger partial charge in [-0.2, -0.15) is 0 Å². The summed E-state index contributed by atoms with van der Waals surface area (Å²) in [7, 11) is 0. The van der Waals surface area contributed by atoms with Crippen LogP contribution in [0.5, 0.6) is 5.75 Å². The van der Waals surface area contributed by atoms with Crippen LogP contribution in [0.25, 0.3) is 0 Å². The number of piperazine rings is 1. The molecule has 0 atom stereocenters. The van der Waals surface area contributed by atoms with Crippen LogP contribution in [-0.2, 0) is 4.79 Å². The van der Waals surface area contributed by atoms with Crippen LogP contribution in [0.2, 0.25) is 0 Å². The first-order valence-corrected chi connectivity index (χ1v) is 9.39. The van der Waals surface area contributed by atoms with Crippen LogP contribution in [0.15, 0.2) is 47.1 Å². The molecule has 1 fully saturated rings. The number of rotatable bonds is 7. The van der Waals surface area contributed by atoms with Crippen LogP contribution < -0.4 is 4.74 Å². The maximum atomic E-state index is 12.3. The van der Waals surface area contributed by atoms with Crippen LogP contribution in [0, 0.1) is 0 Å². The monoisotopic (exact) mass is 384 g/mol. The molecule has 1 saturated heterocycles. The van der Waals surface area contributed by atoms with Gasteiger partial charge in [-0.05, 0) is 49.7 Å². The fourth-order valence-electron chi connectivity index (χ4n) is 3.07. The van der Waals surface area contributed by atoms with Gasteiger partial charge in [0.05, 0.1) is 12.9 Å². The van der Waals surface area contributed by atoms with Gasteiger partial charge >= 0.3 is 0 Å². The molecule has 0 saturated carbocycles. The van der Waals surface area contributed by atoms with Gasteiger partial charge in [0.1, 0.15) is 5.75 Å². The second kappa shape index (κ2) is 9.21. The molecule has 2 aromatic rings. The fraction of sp³-hybridized carbons (Fsp3) is 0.381. The van der Waals surface area contributed by atoms with Crippen LogP contribution >= 0.6 is 0 Å². The van der Waals surface area contributed by atoms with Crippen molar-refractivity contribution >= 4 is 17.6 Å². The molecule has 0 radical (unpaired) electrons. The summed E-state index contributed by atoms with van der Waals surface area (Å²) in [6, 6.07) is 10.3. The lowest BCUT2D eigenvalue weighted by molar-refractivity contribution is -0.132. The van der Waals surface area contributed by atoms with Gasteiger partial charge in [0.25, 0.3) is 5.91 Å². The van der Waals surface area contributed by atoms with E-state index in [1.54, 1.807) is 46.2 Å². The topological polar surface area (TPSA) is 80.1 Å². The van der Waals surface area contributed by atoms with E-state index in [4.69, 9.17) is 9.15 Å². The summed E-state index contributed by atoms with van der Waals surface area (Å²) in [6.45, 7) is 4.02. The maximum Gasteiger partial charge on any atom is 0.289 e. The van der Waals surface area contributed by atoms with Gasteiger partial charge in [-0.1, -0.05) is 0 Å². The molecule has 3 rings (SSSR count). The van der Waals surface area contributed by atoms with Crippen molar-refractivity contribution in [2.75, 3.05) is 32.8 Å². The van der Waals surface area contributed by atoms with Crippen molar-refractivity contribution in [3.63, 3.8) is 0 Å². The lowest BCUT2D eigenvalue weighted by Crippen LogP contribution is -2.50. The number of hydrogen-bond acceptors (Lipinski definition) is 5. The molecule has 0 N–H and O–H groups in total. The lowest BCUT2D eigenvalue weighted by Gasteiger charge is -2.34. The largest absolute Gasteiger partial charge is 0.494 e. The third-order valence-electron chi connectivity index (χ3n) is 4.72. The number of carbonyl (C=O) groups is 3. The number of nitrogens with zero attached hydrogens (tertiary/aromatic N) is 2. The van der Waals surface area contributed by atoms with E-state index in [0.29, 0.717) is 62.7 Å². The standard InChI is InChI=1S/C21H24N2O5/c1-16(24)17-6-8-18(9-7-17)27-14-3-5-20(25)22-10-12-23(13-11-22)21(26)19-4-2-15-28-19/h2,4,6-9,15H,3,5,10-14H2,1H3. The molecule has 1 aromatic carbocycles. The summed E-state index contributed by atoms with van der Waals surface area (Å²) in [4.78, 5) is 39.3. The second-order valence-corrected chi connectivity index (χ2v) is 6.68. The van der Waals surface area contributed by atoms with Crippen molar-refractivity contribution < 1.29 is 23.5 Å². The minimum atomic E-state index is -0.138. The molecule has 7 heteroatoms. The van der Waals surface area contributed by atoms with Crippen LogP contribution in [0.4, 0.5) is 0 Å². The van der Waals surface area contributed by atoms with Crippen molar-refractivity contribution in [1.29, 1.82) is 0 Å². The summed E-state index contributed by atoms with van der Waals surface area (Å²) in [5.41, 5.74) is 0.646. The lowest BCUT2D eigenvalue weighted by atomic mass is 10.1. The predicted molar refractivity (Wildman–Crippen MR) is 102 cm³/mol. The Morgan fingerprint density at radius 3 is 2.29 bits per heavy atom. The van der Waals surface area contributed by atoms with Gasteiger partial charge < -0.3 is 19.0 Å². The van der Waals surface area contributed by atoms with Gasteiger partial charge in [0.15, 0.2) is 11.5 Å². The molecule has 0 aliphatic carbocycles. The summed E-state index contributed by atoms with van der Waals surface area (Å²) in [5.74, 6) is 0.959. The van der Waals surface area contributed by atoms with Crippen molar-refractivity contribution in [3.8, 4) is 5.75 Å². The number of furan rings is 1. The Labute approximate surface area is 163 Å². The third kappa shape index (κ3) is 5.00. The zero-order chi connectivity index (χ0) is 19.9. The zero-order valence-electron chi connectivity index (χ0n) is 15.9. The average molecular weight is 384 g/mol. The second-order valence-electron chi connectivity index (χ2n) is 6.68. The molecular formula is C21H24N2O5. The Morgan fingerprint density at radius 2 is 1.68 bits per heavy atom. The van der Waals surface area contributed by atoms with Crippen molar-refractivity contribution in [1.82, 2.24) is 9.80 Å². The molecule has 7 nitrogen and oxygen atoms in total. The van der Waals surface area contributed by atoms with Crippen LogP contribution in [0.1, 0.15) is 40.7 Å². The van der Waals surface area contributed by atoms with E-state index in [1.165, 1.54) is 13.2 Å². The highest BCUT2D eigenvalue weighted by Gasteiger charge is 2.25. The molecule has 0 spiro atoms. The van der Waals surface area contributed by atoms with E-state index in [-0.39, 0.29) is 17.6 Å². The first kappa shape index (κ1) is 19.7. The summed E-state index contributed by atoms with van der Waals surface area (Å²) in [5, 5.41) is 0. The molecule has 28 heavy (non-hydrogen) atoms. The molecule has 2 heterocycles. The van der Waals surface area contributed by atoms with E-state index in [2.05, 4.69) is 0 Å². The molecule has 148 valence electrons. The zero-order valence-corrected chi connectivity index (χ0v) is 15.9. The number of Topliss-reactive ketones (excluding diaryl/α,β-unsaturated/α-hetero) is 1. The van der Waals surface area contributed by atoms with E-state index >= 15 is 0 Å². The van der Waals surface area contributed by atoms with Crippen LogP contribution in [0.3, 0.4) is 0 Å². The Kier molecular flexibility index (Phi) is 6.47. The van der Waals surface area contributed by atoms with E-state index in [1.807, 2.05) is 0 Å². The smallest absolute Gasteiger partial charge is 0.289 e. The van der Waals surface area contributed by atoms with Gasteiger partial charge in [0.2, 0.25) is 5.91 Å². The minimum Gasteiger partial charge on any atom is -0.494 e. The highest BCUT2D eigenvalue weighted by atomic mass is 16.5. The van der Waals surface area contributed by atoms with Crippen molar-refractivity contribution in [3.05, 3.63) is 54.0 Å². The number of carbonyl (C=O) groups excluding carboxylic acids is 3. The first-order valence-electron chi connectivity index (χ1n) is 9.39.